The molecule has 14 heavy (non-hydrogen) atoms. The highest BCUT2D eigenvalue weighted by atomic mass is 16.5. The molecule has 4 nitrogen and oxygen atoms in total. The quantitative estimate of drug-likeness (QED) is 0.505. The second-order valence-corrected chi connectivity index (χ2v) is 3.52. The van der Waals surface area contributed by atoms with Crippen LogP contribution in [0.4, 0.5) is 0 Å². The summed E-state index contributed by atoms with van der Waals surface area (Å²) in [5, 5.41) is 8.44. The third-order valence-electron chi connectivity index (χ3n) is 2.00. The first-order valence-corrected chi connectivity index (χ1v) is 4.87. The third kappa shape index (κ3) is 9.03. The van der Waals surface area contributed by atoms with Gasteiger partial charge in [0.25, 0.3) is 0 Å². The van der Waals surface area contributed by atoms with Crippen LogP contribution < -0.4 is 0 Å². The number of rotatable bonds is 7. The highest BCUT2D eigenvalue weighted by Crippen LogP contribution is 2.12. The fourth-order valence-corrected chi connectivity index (χ4v) is 1.16. The van der Waals surface area contributed by atoms with E-state index in [1.54, 1.807) is 0 Å². The van der Waals surface area contributed by atoms with E-state index in [1.165, 1.54) is 6.92 Å². The van der Waals surface area contributed by atoms with Crippen LogP contribution in [0.1, 0.15) is 39.5 Å². The van der Waals surface area contributed by atoms with E-state index in [2.05, 4.69) is 0 Å². The highest BCUT2D eigenvalue weighted by molar-refractivity contribution is 5.66. The average molecular weight is 202 g/mol. The maximum Gasteiger partial charge on any atom is 0.303 e. The minimum atomic E-state index is -0.753. The number of carbonyl (C=O) groups is 2. The van der Waals surface area contributed by atoms with Crippen LogP contribution in [-0.4, -0.2) is 23.7 Å². The first-order chi connectivity index (χ1) is 6.52. The molecule has 0 spiro atoms. The summed E-state index contributed by atoms with van der Waals surface area (Å²) in [6, 6.07) is 0. The largest absolute Gasteiger partial charge is 0.481 e. The van der Waals surface area contributed by atoms with Crippen LogP contribution in [0.5, 0.6) is 0 Å². The van der Waals surface area contributed by atoms with Crippen molar-refractivity contribution >= 4 is 11.9 Å². The molecule has 0 aliphatic carbocycles. The molecule has 0 bridgehead atoms. The number of aliphatic carboxylic acids is 1. The molecule has 0 aromatic heterocycles. The maximum absolute atomic E-state index is 10.4. The van der Waals surface area contributed by atoms with Gasteiger partial charge in [0.2, 0.25) is 0 Å². The standard InChI is InChI=1S/C10H18O4/c1-8(5-6-10(12)13)4-3-7-14-9(2)11/h8H,3-7H2,1-2H3,(H,12,13). The molecule has 0 fully saturated rings. The van der Waals surface area contributed by atoms with Gasteiger partial charge in [-0.2, -0.15) is 0 Å². The Morgan fingerprint density at radius 1 is 1.36 bits per heavy atom. The van der Waals surface area contributed by atoms with Gasteiger partial charge < -0.3 is 9.84 Å². The van der Waals surface area contributed by atoms with Crippen molar-refractivity contribution in [2.75, 3.05) is 6.61 Å². The zero-order chi connectivity index (χ0) is 11.0. The van der Waals surface area contributed by atoms with Crippen molar-refractivity contribution in [1.29, 1.82) is 0 Å². The molecule has 0 aromatic rings. The van der Waals surface area contributed by atoms with E-state index in [9.17, 15) is 9.59 Å². The number of carboxylic acids is 1. The molecule has 0 aliphatic rings. The van der Waals surface area contributed by atoms with E-state index >= 15 is 0 Å². The van der Waals surface area contributed by atoms with Gasteiger partial charge in [-0.05, 0) is 25.2 Å². The summed E-state index contributed by atoms with van der Waals surface area (Å²) < 4.78 is 4.76. The van der Waals surface area contributed by atoms with Gasteiger partial charge in [-0.25, -0.2) is 0 Å². The zero-order valence-electron chi connectivity index (χ0n) is 8.78. The van der Waals surface area contributed by atoms with Crippen molar-refractivity contribution in [2.45, 2.75) is 39.5 Å². The SMILES string of the molecule is CC(=O)OCCCC(C)CCC(=O)O. The van der Waals surface area contributed by atoms with Gasteiger partial charge in [0.1, 0.15) is 0 Å². The van der Waals surface area contributed by atoms with Crippen molar-refractivity contribution in [3.63, 3.8) is 0 Å². The summed E-state index contributed by atoms with van der Waals surface area (Å²) >= 11 is 0. The maximum atomic E-state index is 10.4. The van der Waals surface area contributed by atoms with Gasteiger partial charge in [-0.1, -0.05) is 6.92 Å². The lowest BCUT2D eigenvalue weighted by atomic mass is 10.0. The number of carboxylic acid groups (broad SMARTS) is 1. The third-order valence-corrected chi connectivity index (χ3v) is 2.00. The van der Waals surface area contributed by atoms with E-state index in [-0.39, 0.29) is 12.4 Å². The Balaban J connectivity index is 3.30. The summed E-state index contributed by atoms with van der Waals surface area (Å²) in [7, 11) is 0. The van der Waals surface area contributed by atoms with Gasteiger partial charge in [-0.15, -0.1) is 0 Å². The fourth-order valence-electron chi connectivity index (χ4n) is 1.16. The number of carbonyl (C=O) groups excluding carboxylic acids is 1. The highest BCUT2D eigenvalue weighted by Gasteiger charge is 2.05. The average Bonchev–Trinajstić information content (AvgIpc) is 2.08. The Kier molecular flexibility index (Phi) is 6.80. The van der Waals surface area contributed by atoms with E-state index in [4.69, 9.17) is 9.84 Å². The zero-order valence-corrected chi connectivity index (χ0v) is 8.78. The molecule has 1 atom stereocenters. The normalized spacial score (nSPS) is 12.1. The van der Waals surface area contributed by atoms with Crippen LogP contribution in [0.3, 0.4) is 0 Å². The molecule has 4 heteroatoms. The molecule has 82 valence electrons. The van der Waals surface area contributed by atoms with Crippen molar-refractivity contribution in [3.05, 3.63) is 0 Å². The first kappa shape index (κ1) is 12.9. The number of hydrogen-bond donors (Lipinski definition) is 1. The van der Waals surface area contributed by atoms with Crippen molar-refractivity contribution in [2.24, 2.45) is 5.92 Å². The summed E-state index contributed by atoms with van der Waals surface area (Å²) in [5.41, 5.74) is 0. The number of esters is 1. The predicted molar refractivity (Wildman–Crippen MR) is 51.9 cm³/mol. The number of hydrogen-bond acceptors (Lipinski definition) is 3. The molecule has 0 radical (unpaired) electrons. The molecule has 0 aromatic carbocycles. The van der Waals surface area contributed by atoms with Crippen molar-refractivity contribution in [3.8, 4) is 0 Å². The molecule has 0 heterocycles. The smallest absolute Gasteiger partial charge is 0.303 e. The molecular formula is C10H18O4. The van der Waals surface area contributed by atoms with Crippen LogP contribution in [0.2, 0.25) is 0 Å². The first-order valence-electron chi connectivity index (χ1n) is 4.87. The molecule has 1 N–H and O–H groups in total. The van der Waals surface area contributed by atoms with Crippen LogP contribution >= 0.6 is 0 Å². The van der Waals surface area contributed by atoms with Crippen molar-refractivity contribution < 1.29 is 19.4 Å². The van der Waals surface area contributed by atoms with Crippen LogP contribution in [0.25, 0.3) is 0 Å². The van der Waals surface area contributed by atoms with Gasteiger partial charge in [0, 0.05) is 13.3 Å². The van der Waals surface area contributed by atoms with Crippen molar-refractivity contribution in [1.82, 2.24) is 0 Å². The molecule has 0 rings (SSSR count). The second kappa shape index (κ2) is 7.35. The van der Waals surface area contributed by atoms with E-state index < -0.39 is 5.97 Å². The number of ether oxygens (including phenoxy) is 1. The van der Waals surface area contributed by atoms with E-state index in [0.29, 0.717) is 18.9 Å². The van der Waals surface area contributed by atoms with E-state index in [1.807, 2.05) is 6.92 Å². The Morgan fingerprint density at radius 2 is 2.00 bits per heavy atom. The fraction of sp³-hybridized carbons (Fsp3) is 0.800. The molecule has 0 saturated heterocycles. The lowest BCUT2D eigenvalue weighted by Crippen LogP contribution is -2.04. The van der Waals surface area contributed by atoms with Crippen LogP contribution in [0, 0.1) is 5.92 Å². The van der Waals surface area contributed by atoms with E-state index in [0.717, 1.165) is 12.8 Å². The van der Waals surface area contributed by atoms with Gasteiger partial charge in [0.15, 0.2) is 0 Å². The summed E-state index contributed by atoms with van der Waals surface area (Å²) in [5.74, 6) is -0.637. The molecule has 0 saturated carbocycles. The molecule has 1 unspecified atom stereocenters. The topological polar surface area (TPSA) is 63.6 Å². The van der Waals surface area contributed by atoms with Crippen LogP contribution in [0.15, 0.2) is 0 Å². The predicted octanol–water partition coefficient (Wildman–Crippen LogP) is 1.83. The van der Waals surface area contributed by atoms with Gasteiger partial charge >= 0.3 is 11.9 Å². The minimum Gasteiger partial charge on any atom is -0.481 e. The Hall–Kier alpha value is -1.06. The summed E-state index contributed by atoms with van der Waals surface area (Å²) in [6.45, 7) is 3.83. The van der Waals surface area contributed by atoms with Gasteiger partial charge in [0.05, 0.1) is 6.61 Å². The lowest BCUT2D eigenvalue weighted by molar-refractivity contribution is -0.141. The summed E-state index contributed by atoms with van der Waals surface area (Å²) in [4.78, 5) is 20.7. The lowest BCUT2D eigenvalue weighted by Gasteiger charge is -2.09. The molecule has 0 aliphatic heterocycles. The summed E-state index contributed by atoms with van der Waals surface area (Å²) in [6.07, 6.45) is 2.62. The Labute approximate surface area is 84.3 Å². The molecular weight excluding hydrogens is 184 g/mol. The Morgan fingerprint density at radius 3 is 2.50 bits per heavy atom. The monoisotopic (exact) mass is 202 g/mol. The Bertz CT molecular complexity index is 189. The molecule has 0 amide bonds. The second-order valence-electron chi connectivity index (χ2n) is 3.52. The van der Waals surface area contributed by atoms with Gasteiger partial charge in [-0.3, -0.25) is 9.59 Å². The van der Waals surface area contributed by atoms with Crippen LogP contribution in [-0.2, 0) is 14.3 Å². The minimum absolute atomic E-state index is 0.217.